The third kappa shape index (κ3) is 2.65. The van der Waals surface area contributed by atoms with Gasteiger partial charge in [-0.2, -0.15) is 4.39 Å². The van der Waals surface area contributed by atoms with Crippen molar-refractivity contribution in [2.24, 2.45) is 0 Å². The Labute approximate surface area is 127 Å². The van der Waals surface area contributed by atoms with Crippen LogP contribution in [0.3, 0.4) is 0 Å². The first-order chi connectivity index (χ1) is 9.88. The zero-order valence-corrected chi connectivity index (χ0v) is 12.8. The van der Waals surface area contributed by atoms with Gasteiger partial charge in [0.05, 0.1) is 15.8 Å². The summed E-state index contributed by atoms with van der Waals surface area (Å²) in [5.41, 5.74) is -1.34. The summed E-state index contributed by atoms with van der Waals surface area (Å²) >= 11 is 3.22. The lowest BCUT2D eigenvalue weighted by Gasteiger charge is -2.13. The lowest BCUT2D eigenvalue weighted by Crippen LogP contribution is -2.09. The molecule has 0 saturated heterocycles. The molecule has 0 amide bonds. The van der Waals surface area contributed by atoms with E-state index in [0.717, 1.165) is 12.1 Å². The molecule has 1 aromatic carbocycles. The molecule has 1 heterocycles. The molecule has 112 valence electrons. The van der Waals surface area contributed by atoms with Crippen LogP contribution >= 0.6 is 15.9 Å². The van der Waals surface area contributed by atoms with Crippen molar-refractivity contribution in [2.75, 3.05) is 0 Å². The van der Waals surface area contributed by atoms with Crippen LogP contribution in [-0.2, 0) is 5.33 Å². The van der Waals surface area contributed by atoms with E-state index in [1.807, 2.05) is 0 Å². The highest BCUT2D eigenvalue weighted by atomic mass is 79.9. The predicted octanol–water partition coefficient (Wildman–Crippen LogP) is 3.61. The van der Waals surface area contributed by atoms with Crippen LogP contribution in [0.5, 0.6) is 0 Å². The summed E-state index contributed by atoms with van der Waals surface area (Å²) < 4.78 is 29.8. The van der Waals surface area contributed by atoms with Crippen molar-refractivity contribution in [3.05, 3.63) is 39.7 Å². The highest BCUT2D eigenvalue weighted by Crippen LogP contribution is 2.32. The molecule has 0 spiro atoms. The SMILES string of the molecule is CC(C)n1c(CBr)nnc1-c1c(F)ccc([N+](=O)[O-])c1F. The highest BCUT2D eigenvalue weighted by molar-refractivity contribution is 9.08. The summed E-state index contributed by atoms with van der Waals surface area (Å²) in [5, 5.41) is 18.8. The molecule has 0 unspecified atom stereocenters. The van der Waals surface area contributed by atoms with Gasteiger partial charge >= 0.3 is 5.69 Å². The van der Waals surface area contributed by atoms with Crippen molar-refractivity contribution in [1.29, 1.82) is 0 Å². The summed E-state index contributed by atoms with van der Waals surface area (Å²) in [6, 6.07) is 1.47. The number of hydrogen-bond acceptors (Lipinski definition) is 4. The Balaban J connectivity index is 2.76. The fourth-order valence-electron chi connectivity index (χ4n) is 2.02. The van der Waals surface area contributed by atoms with Gasteiger partial charge in [-0.1, -0.05) is 15.9 Å². The lowest BCUT2D eigenvalue weighted by molar-refractivity contribution is -0.387. The quantitative estimate of drug-likeness (QED) is 0.474. The molecule has 0 radical (unpaired) electrons. The van der Waals surface area contributed by atoms with Crippen LogP contribution in [-0.4, -0.2) is 19.7 Å². The van der Waals surface area contributed by atoms with Crippen LogP contribution < -0.4 is 0 Å². The average molecular weight is 361 g/mol. The van der Waals surface area contributed by atoms with Crippen molar-refractivity contribution in [3.8, 4) is 11.4 Å². The molecule has 0 bridgehead atoms. The van der Waals surface area contributed by atoms with Crippen molar-refractivity contribution >= 4 is 21.6 Å². The van der Waals surface area contributed by atoms with E-state index >= 15 is 0 Å². The van der Waals surface area contributed by atoms with Gasteiger partial charge in [0.2, 0.25) is 5.82 Å². The molecule has 2 aromatic rings. The van der Waals surface area contributed by atoms with E-state index in [9.17, 15) is 18.9 Å². The monoisotopic (exact) mass is 360 g/mol. The Bertz CT molecular complexity index is 703. The van der Waals surface area contributed by atoms with Gasteiger partial charge in [-0.25, -0.2) is 4.39 Å². The van der Waals surface area contributed by atoms with E-state index in [0.29, 0.717) is 11.2 Å². The van der Waals surface area contributed by atoms with E-state index in [4.69, 9.17) is 0 Å². The van der Waals surface area contributed by atoms with E-state index in [1.165, 1.54) is 4.57 Å². The Hall–Kier alpha value is -1.90. The first-order valence-corrected chi connectivity index (χ1v) is 7.13. The Kier molecular flexibility index (Phi) is 4.31. The maximum atomic E-state index is 14.3. The van der Waals surface area contributed by atoms with E-state index in [-0.39, 0.29) is 11.9 Å². The molecule has 0 aliphatic rings. The van der Waals surface area contributed by atoms with Crippen LogP contribution in [0.25, 0.3) is 11.4 Å². The predicted molar refractivity (Wildman–Crippen MR) is 75.0 cm³/mol. The maximum absolute atomic E-state index is 14.3. The fourth-order valence-corrected chi connectivity index (χ4v) is 2.40. The van der Waals surface area contributed by atoms with Crippen molar-refractivity contribution in [2.45, 2.75) is 25.2 Å². The number of alkyl halides is 1. The molecule has 1 aromatic heterocycles. The Morgan fingerprint density at radius 3 is 2.57 bits per heavy atom. The standard InChI is InChI=1S/C12H11BrF2N4O2/c1-6(2)18-9(5-13)16-17-12(18)10-7(14)3-4-8(11(10)15)19(20)21/h3-4,6H,5H2,1-2H3. The molecule has 0 saturated carbocycles. The summed E-state index contributed by atoms with van der Waals surface area (Å²) in [6.45, 7) is 3.60. The van der Waals surface area contributed by atoms with E-state index in [2.05, 4.69) is 26.1 Å². The van der Waals surface area contributed by atoms with Gasteiger partial charge in [0.15, 0.2) is 5.82 Å². The number of nitro benzene ring substituents is 1. The Morgan fingerprint density at radius 2 is 2.05 bits per heavy atom. The van der Waals surface area contributed by atoms with Crippen LogP contribution in [0.4, 0.5) is 14.5 Å². The molecule has 0 N–H and O–H groups in total. The zero-order chi connectivity index (χ0) is 15.7. The van der Waals surface area contributed by atoms with Gasteiger partial charge in [0.1, 0.15) is 11.6 Å². The molecule has 6 nitrogen and oxygen atoms in total. The molecular weight excluding hydrogens is 350 g/mol. The van der Waals surface area contributed by atoms with Gasteiger partial charge in [0.25, 0.3) is 0 Å². The minimum atomic E-state index is -1.25. The van der Waals surface area contributed by atoms with Crippen molar-refractivity contribution in [1.82, 2.24) is 14.8 Å². The number of nitro groups is 1. The van der Waals surface area contributed by atoms with Gasteiger partial charge in [0, 0.05) is 12.1 Å². The highest BCUT2D eigenvalue weighted by Gasteiger charge is 2.27. The van der Waals surface area contributed by atoms with Gasteiger partial charge in [-0.05, 0) is 19.9 Å². The summed E-state index contributed by atoms with van der Waals surface area (Å²) in [7, 11) is 0. The minimum Gasteiger partial charge on any atom is -0.308 e. The zero-order valence-electron chi connectivity index (χ0n) is 11.2. The van der Waals surface area contributed by atoms with Crippen LogP contribution in [0.2, 0.25) is 0 Å². The van der Waals surface area contributed by atoms with E-state index in [1.54, 1.807) is 13.8 Å². The summed E-state index contributed by atoms with van der Waals surface area (Å²) in [4.78, 5) is 9.89. The molecule has 21 heavy (non-hydrogen) atoms. The number of benzene rings is 1. The smallest absolute Gasteiger partial charge is 0.305 e. The first-order valence-electron chi connectivity index (χ1n) is 6.01. The fraction of sp³-hybridized carbons (Fsp3) is 0.333. The molecule has 9 heteroatoms. The second-order valence-electron chi connectivity index (χ2n) is 4.55. The normalized spacial score (nSPS) is 11.1. The molecule has 0 atom stereocenters. The molecule has 2 rings (SSSR count). The van der Waals surface area contributed by atoms with Gasteiger partial charge < -0.3 is 4.57 Å². The number of aromatic nitrogens is 3. The third-order valence-electron chi connectivity index (χ3n) is 2.89. The van der Waals surface area contributed by atoms with Gasteiger partial charge in [-0.3, -0.25) is 10.1 Å². The summed E-state index contributed by atoms with van der Waals surface area (Å²) in [5.74, 6) is -1.77. The molecule has 0 aliphatic carbocycles. The third-order valence-corrected chi connectivity index (χ3v) is 3.39. The number of rotatable bonds is 4. The molecular formula is C12H11BrF2N4O2. The largest absolute Gasteiger partial charge is 0.308 e. The van der Waals surface area contributed by atoms with Crippen LogP contribution in [0, 0.1) is 21.7 Å². The lowest BCUT2D eigenvalue weighted by atomic mass is 10.1. The maximum Gasteiger partial charge on any atom is 0.305 e. The second-order valence-corrected chi connectivity index (χ2v) is 5.11. The number of nitrogens with zero attached hydrogens (tertiary/aromatic N) is 4. The van der Waals surface area contributed by atoms with Crippen LogP contribution in [0.15, 0.2) is 12.1 Å². The van der Waals surface area contributed by atoms with Crippen molar-refractivity contribution in [3.63, 3.8) is 0 Å². The number of halogens is 3. The molecule has 0 aliphatic heterocycles. The van der Waals surface area contributed by atoms with Crippen molar-refractivity contribution < 1.29 is 13.7 Å². The second kappa shape index (κ2) is 5.84. The summed E-state index contributed by atoms with van der Waals surface area (Å²) in [6.07, 6.45) is 0. The first kappa shape index (κ1) is 15.5. The number of hydrogen-bond donors (Lipinski definition) is 0. The average Bonchev–Trinajstić information content (AvgIpc) is 2.82. The van der Waals surface area contributed by atoms with E-state index < -0.39 is 27.8 Å². The topological polar surface area (TPSA) is 73.8 Å². The van der Waals surface area contributed by atoms with Crippen LogP contribution in [0.1, 0.15) is 25.7 Å². The minimum absolute atomic E-state index is 0.0712. The Morgan fingerprint density at radius 1 is 1.38 bits per heavy atom. The van der Waals surface area contributed by atoms with Gasteiger partial charge in [-0.15, -0.1) is 10.2 Å². The molecule has 0 fully saturated rings.